The van der Waals surface area contributed by atoms with Crippen molar-refractivity contribution in [2.24, 2.45) is 0 Å². The van der Waals surface area contributed by atoms with Crippen molar-refractivity contribution < 1.29 is 9.59 Å². The highest BCUT2D eigenvalue weighted by Gasteiger charge is 2.32. The largest absolute Gasteiger partial charge is 0.352 e. The molecule has 0 aromatic heterocycles. The number of carbonyl (C=O) groups is 2. The third-order valence-electron chi connectivity index (χ3n) is 7.09. The zero-order valence-electron chi connectivity index (χ0n) is 21.2. The molecule has 3 aromatic carbocycles. The zero-order chi connectivity index (χ0) is 25.5. The number of hydrogen-bond donors (Lipinski definition) is 1. The first kappa shape index (κ1) is 26.0. The predicted molar refractivity (Wildman–Crippen MR) is 146 cm³/mol. The summed E-state index contributed by atoms with van der Waals surface area (Å²) >= 11 is 6.12. The van der Waals surface area contributed by atoms with Gasteiger partial charge in [0.1, 0.15) is 6.04 Å². The molecule has 1 aliphatic rings. The van der Waals surface area contributed by atoms with E-state index < -0.39 is 6.04 Å². The van der Waals surface area contributed by atoms with E-state index in [1.807, 2.05) is 68.4 Å². The summed E-state index contributed by atoms with van der Waals surface area (Å²) in [5.74, 6) is -0.129. The van der Waals surface area contributed by atoms with Crippen molar-refractivity contribution in [2.45, 2.75) is 71.0 Å². The van der Waals surface area contributed by atoms with Crippen LogP contribution < -0.4 is 5.32 Å². The summed E-state index contributed by atoms with van der Waals surface area (Å²) in [6, 6.07) is 23.2. The van der Waals surface area contributed by atoms with E-state index in [-0.39, 0.29) is 24.3 Å². The summed E-state index contributed by atoms with van der Waals surface area (Å²) in [7, 11) is 0. The van der Waals surface area contributed by atoms with Crippen LogP contribution in [0.2, 0.25) is 5.02 Å². The lowest BCUT2D eigenvalue weighted by Crippen LogP contribution is -2.52. The van der Waals surface area contributed by atoms with E-state index in [9.17, 15) is 9.59 Å². The molecule has 1 atom stereocenters. The first-order valence-corrected chi connectivity index (χ1v) is 13.2. The Hall–Kier alpha value is -3.11. The van der Waals surface area contributed by atoms with Gasteiger partial charge in [-0.15, -0.1) is 0 Å². The molecule has 0 spiro atoms. The van der Waals surface area contributed by atoms with Gasteiger partial charge in [0.15, 0.2) is 0 Å². The SMILES string of the molecule is Cc1ccc(C)c(CC(=O)N(Cc2ccc(Cl)cc2)C(Cc2ccccc2)C(=O)NC2CCCC2)c1. The van der Waals surface area contributed by atoms with E-state index in [1.165, 1.54) is 0 Å². The molecule has 0 heterocycles. The average Bonchev–Trinajstić information content (AvgIpc) is 3.38. The van der Waals surface area contributed by atoms with Crippen LogP contribution in [0, 0.1) is 13.8 Å². The minimum Gasteiger partial charge on any atom is -0.352 e. The van der Waals surface area contributed by atoms with Crippen LogP contribution in [0.5, 0.6) is 0 Å². The first-order chi connectivity index (χ1) is 17.4. The Labute approximate surface area is 219 Å². The standard InChI is InChI=1S/C31H35ClN2O2/c1-22-12-13-23(2)26(18-22)20-30(35)34(21-25-14-16-27(32)17-15-25)29(19-24-8-4-3-5-9-24)31(36)33-28-10-6-7-11-28/h3-5,8-9,12-18,28-29H,6-7,10-11,19-21H2,1-2H3,(H,33,36). The van der Waals surface area contributed by atoms with Crippen molar-refractivity contribution in [3.8, 4) is 0 Å². The number of carbonyl (C=O) groups excluding carboxylic acids is 2. The van der Waals surface area contributed by atoms with Crippen LogP contribution in [0.15, 0.2) is 72.8 Å². The highest BCUT2D eigenvalue weighted by molar-refractivity contribution is 6.30. The Balaban J connectivity index is 1.67. The topological polar surface area (TPSA) is 49.4 Å². The van der Waals surface area contributed by atoms with E-state index in [0.29, 0.717) is 18.0 Å². The van der Waals surface area contributed by atoms with E-state index in [2.05, 4.69) is 23.5 Å². The zero-order valence-corrected chi connectivity index (χ0v) is 21.9. The fraction of sp³-hybridized carbons (Fsp3) is 0.355. The normalized spacial score (nSPS) is 14.4. The molecule has 0 radical (unpaired) electrons. The summed E-state index contributed by atoms with van der Waals surface area (Å²) in [5.41, 5.74) is 5.17. The van der Waals surface area contributed by atoms with Gasteiger partial charge in [-0.05, 0) is 61.1 Å². The van der Waals surface area contributed by atoms with Gasteiger partial charge in [-0.1, -0.05) is 90.7 Å². The quantitative estimate of drug-likeness (QED) is 0.379. The monoisotopic (exact) mass is 502 g/mol. The molecule has 188 valence electrons. The number of aryl methyl sites for hydroxylation is 2. The van der Waals surface area contributed by atoms with E-state index in [4.69, 9.17) is 11.6 Å². The highest BCUT2D eigenvalue weighted by atomic mass is 35.5. The van der Waals surface area contributed by atoms with Crippen molar-refractivity contribution >= 4 is 23.4 Å². The van der Waals surface area contributed by atoms with Gasteiger partial charge in [0.05, 0.1) is 6.42 Å². The summed E-state index contributed by atoms with van der Waals surface area (Å²) in [6.45, 7) is 4.41. The Kier molecular flexibility index (Phi) is 8.82. The molecule has 4 nitrogen and oxygen atoms in total. The van der Waals surface area contributed by atoms with Crippen molar-refractivity contribution in [2.75, 3.05) is 0 Å². The van der Waals surface area contributed by atoms with Crippen molar-refractivity contribution in [1.29, 1.82) is 0 Å². The number of nitrogens with one attached hydrogen (secondary N) is 1. The number of rotatable bonds is 9. The summed E-state index contributed by atoms with van der Waals surface area (Å²) in [5, 5.41) is 3.91. The Bertz CT molecular complexity index is 1170. The molecule has 1 aliphatic carbocycles. The molecule has 5 heteroatoms. The molecular formula is C31H35ClN2O2. The molecule has 0 aliphatic heterocycles. The van der Waals surface area contributed by atoms with Gasteiger partial charge in [-0.2, -0.15) is 0 Å². The minimum atomic E-state index is -0.610. The smallest absolute Gasteiger partial charge is 0.243 e. The van der Waals surface area contributed by atoms with Gasteiger partial charge in [0, 0.05) is 24.0 Å². The van der Waals surface area contributed by atoms with Gasteiger partial charge in [0.25, 0.3) is 0 Å². The van der Waals surface area contributed by atoms with Crippen LogP contribution in [0.3, 0.4) is 0 Å². The van der Waals surface area contributed by atoms with Crippen molar-refractivity contribution in [1.82, 2.24) is 10.2 Å². The van der Waals surface area contributed by atoms with Crippen molar-refractivity contribution in [3.05, 3.63) is 106 Å². The number of benzene rings is 3. The molecule has 4 rings (SSSR count). The second-order valence-corrected chi connectivity index (χ2v) is 10.4. The minimum absolute atomic E-state index is 0.0545. The number of nitrogens with zero attached hydrogens (tertiary/aromatic N) is 1. The molecule has 1 N–H and O–H groups in total. The Morgan fingerprint density at radius 1 is 0.944 bits per heavy atom. The average molecular weight is 503 g/mol. The van der Waals surface area contributed by atoms with Gasteiger partial charge in [0.2, 0.25) is 11.8 Å². The number of amides is 2. The van der Waals surface area contributed by atoms with Gasteiger partial charge < -0.3 is 10.2 Å². The predicted octanol–water partition coefficient (Wildman–Crippen LogP) is 6.20. The number of hydrogen-bond acceptors (Lipinski definition) is 2. The summed E-state index contributed by atoms with van der Waals surface area (Å²) in [6.07, 6.45) is 4.98. The molecular weight excluding hydrogens is 468 g/mol. The van der Waals surface area contributed by atoms with Crippen LogP contribution in [-0.4, -0.2) is 28.8 Å². The maximum atomic E-state index is 13.9. The van der Waals surface area contributed by atoms with Crippen LogP contribution in [0.4, 0.5) is 0 Å². The van der Waals surface area contributed by atoms with E-state index in [0.717, 1.165) is 53.5 Å². The van der Waals surface area contributed by atoms with E-state index >= 15 is 0 Å². The second kappa shape index (κ2) is 12.2. The van der Waals surface area contributed by atoms with Crippen LogP contribution in [-0.2, 0) is 29.0 Å². The van der Waals surface area contributed by atoms with Gasteiger partial charge in [-0.3, -0.25) is 9.59 Å². The van der Waals surface area contributed by atoms with Crippen molar-refractivity contribution in [3.63, 3.8) is 0 Å². The lowest BCUT2D eigenvalue weighted by atomic mass is 9.99. The third-order valence-corrected chi connectivity index (χ3v) is 7.34. The highest BCUT2D eigenvalue weighted by Crippen LogP contribution is 2.22. The molecule has 2 amide bonds. The van der Waals surface area contributed by atoms with Crippen LogP contribution in [0.1, 0.15) is 53.5 Å². The molecule has 36 heavy (non-hydrogen) atoms. The first-order valence-electron chi connectivity index (χ1n) is 12.8. The number of halogens is 1. The molecule has 1 fully saturated rings. The van der Waals surface area contributed by atoms with Gasteiger partial charge >= 0.3 is 0 Å². The molecule has 1 saturated carbocycles. The van der Waals surface area contributed by atoms with E-state index in [1.54, 1.807) is 4.90 Å². The Morgan fingerprint density at radius 2 is 1.64 bits per heavy atom. The Morgan fingerprint density at radius 3 is 2.33 bits per heavy atom. The molecule has 0 bridgehead atoms. The maximum Gasteiger partial charge on any atom is 0.243 e. The third kappa shape index (κ3) is 6.98. The second-order valence-electron chi connectivity index (χ2n) is 9.95. The lowest BCUT2D eigenvalue weighted by molar-refractivity contribution is -0.141. The molecule has 1 unspecified atom stereocenters. The molecule has 0 saturated heterocycles. The lowest BCUT2D eigenvalue weighted by Gasteiger charge is -2.32. The fourth-order valence-corrected chi connectivity index (χ4v) is 5.09. The fourth-order valence-electron chi connectivity index (χ4n) is 4.96. The summed E-state index contributed by atoms with van der Waals surface area (Å²) in [4.78, 5) is 29.4. The van der Waals surface area contributed by atoms with Crippen LogP contribution in [0.25, 0.3) is 0 Å². The van der Waals surface area contributed by atoms with Crippen LogP contribution >= 0.6 is 11.6 Å². The molecule has 3 aromatic rings. The van der Waals surface area contributed by atoms with Gasteiger partial charge in [-0.25, -0.2) is 0 Å². The maximum absolute atomic E-state index is 13.9. The summed E-state index contributed by atoms with van der Waals surface area (Å²) < 4.78 is 0.